The third-order valence-corrected chi connectivity index (χ3v) is 2.62. The Hall–Kier alpha value is -1.26. The van der Waals surface area contributed by atoms with E-state index in [2.05, 4.69) is 5.32 Å². The van der Waals surface area contributed by atoms with Crippen LogP contribution in [-0.2, 0) is 4.79 Å². The maximum Gasteiger partial charge on any atom is 0.257 e. The lowest BCUT2D eigenvalue weighted by Crippen LogP contribution is -2.32. The summed E-state index contributed by atoms with van der Waals surface area (Å²) in [7, 11) is 0. The van der Waals surface area contributed by atoms with Crippen LogP contribution >= 0.6 is 12.4 Å². The lowest BCUT2D eigenvalue weighted by Gasteiger charge is -2.11. The molecule has 0 aliphatic heterocycles. The molecule has 1 unspecified atom stereocenters. The Morgan fingerprint density at radius 3 is 2.74 bits per heavy atom. The van der Waals surface area contributed by atoms with Crippen LogP contribution in [0.2, 0.25) is 0 Å². The number of rotatable bonds is 6. The quantitative estimate of drug-likeness (QED) is 0.840. The molecular formula is C14H23ClN2O2. The molecule has 0 saturated carbocycles. The van der Waals surface area contributed by atoms with Gasteiger partial charge in [0.15, 0.2) is 6.61 Å². The van der Waals surface area contributed by atoms with E-state index >= 15 is 0 Å². The highest BCUT2D eigenvalue weighted by Gasteiger charge is 2.05. The summed E-state index contributed by atoms with van der Waals surface area (Å²) < 4.78 is 5.49. The molecule has 1 rings (SSSR count). The molecule has 19 heavy (non-hydrogen) atoms. The van der Waals surface area contributed by atoms with Crippen molar-refractivity contribution in [1.82, 2.24) is 5.32 Å². The fourth-order valence-corrected chi connectivity index (χ4v) is 1.50. The maximum atomic E-state index is 11.5. The van der Waals surface area contributed by atoms with Gasteiger partial charge in [0.1, 0.15) is 5.75 Å². The maximum absolute atomic E-state index is 11.5. The molecule has 0 radical (unpaired) electrons. The van der Waals surface area contributed by atoms with Gasteiger partial charge in [-0.25, -0.2) is 0 Å². The normalized spacial score (nSPS) is 11.4. The number of nitrogens with one attached hydrogen (secondary N) is 1. The van der Waals surface area contributed by atoms with Gasteiger partial charge in [0.2, 0.25) is 0 Å². The summed E-state index contributed by atoms with van der Waals surface area (Å²) in [4.78, 5) is 11.5. The first-order valence-corrected chi connectivity index (χ1v) is 6.21. The van der Waals surface area contributed by atoms with E-state index in [-0.39, 0.29) is 31.0 Å². The fraction of sp³-hybridized carbons (Fsp3) is 0.500. The molecule has 3 N–H and O–H groups in total. The average molecular weight is 287 g/mol. The second-order valence-corrected chi connectivity index (χ2v) is 4.67. The van der Waals surface area contributed by atoms with Crippen LogP contribution < -0.4 is 15.8 Å². The molecule has 0 aliphatic carbocycles. The smallest absolute Gasteiger partial charge is 0.257 e. The molecule has 4 nitrogen and oxygen atoms in total. The van der Waals surface area contributed by atoms with Gasteiger partial charge in [0.25, 0.3) is 5.91 Å². The van der Waals surface area contributed by atoms with Crippen molar-refractivity contribution in [3.8, 4) is 5.75 Å². The summed E-state index contributed by atoms with van der Waals surface area (Å²) in [5.41, 5.74) is 7.75. The zero-order valence-electron chi connectivity index (χ0n) is 11.7. The number of nitrogens with two attached hydrogens (primary N) is 1. The van der Waals surface area contributed by atoms with Gasteiger partial charge >= 0.3 is 0 Å². The predicted octanol–water partition coefficient (Wildman–Crippen LogP) is 1.96. The van der Waals surface area contributed by atoms with E-state index in [4.69, 9.17) is 10.5 Å². The monoisotopic (exact) mass is 286 g/mol. The van der Waals surface area contributed by atoms with E-state index in [0.29, 0.717) is 6.54 Å². The van der Waals surface area contributed by atoms with Crippen LogP contribution in [0.1, 0.15) is 24.5 Å². The topological polar surface area (TPSA) is 64.3 Å². The number of carbonyl (C=O) groups is 1. The van der Waals surface area contributed by atoms with Gasteiger partial charge in [-0.2, -0.15) is 0 Å². The number of amides is 1. The summed E-state index contributed by atoms with van der Waals surface area (Å²) in [6.07, 6.45) is 0.773. The van der Waals surface area contributed by atoms with E-state index < -0.39 is 0 Å². The second kappa shape index (κ2) is 8.77. The minimum atomic E-state index is -0.114. The highest BCUT2D eigenvalue weighted by molar-refractivity contribution is 5.85. The first-order chi connectivity index (χ1) is 8.49. The van der Waals surface area contributed by atoms with Crippen molar-refractivity contribution < 1.29 is 9.53 Å². The molecule has 5 heteroatoms. The Balaban J connectivity index is 0.00000324. The van der Waals surface area contributed by atoms with Gasteiger partial charge in [0.05, 0.1) is 0 Å². The van der Waals surface area contributed by atoms with E-state index in [9.17, 15) is 4.79 Å². The summed E-state index contributed by atoms with van der Waals surface area (Å²) in [6, 6.07) is 6.04. The number of carbonyl (C=O) groups excluding carboxylic acids is 1. The Kier molecular flexibility index (Phi) is 8.19. The minimum absolute atomic E-state index is 0. The van der Waals surface area contributed by atoms with Gasteiger partial charge in [-0.1, -0.05) is 12.1 Å². The molecule has 1 atom stereocenters. The van der Waals surface area contributed by atoms with E-state index in [1.54, 1.807) is 0 Å². The lowest BCUT2D eigenvalue weighted by molar-refractivity contribution is -0.123. The van der Waals surface area contributed by atoms with Gasteiger partial charge in [-0.05, 0) is 44.4 Å². The first-order valence-electron chi connectivity index (χ1n) is 6.21. The first kappa shape index (κ1) is 17.7. The summed E-state index contributed by atoms with van der Waals surface area (Å²) in [5.74, 6) is 0.647. The van der Waals surface area contributed by atoms with Gasteiger partial charge in [-0.15, -0.1) is 12.4 Å². The van der Waals surface area contributed by atoms with Crippen molar-refractivity contribution >= 4 is 18.3 Å². The average Bonchev–Trinajstić information content (AvgIpc) is 2.30. The highest BCUT2D eigenvalue weighted by Crippen LogP contribution is 2.18. The van der Waals surface area contributed by atoms with Crippen LogP contribution in [0.15, 0.2) is 18.2 Å². The van der Waals surface area contributed by atoms with Crippen molar-refractivity contribution in [3.63, 3.8) is 0 Å². The summed E-state index contributed by atoms with van der Waals surface area (Å²) >= 11 is 0. The van der Waals surface area contributed by atoms with Gasteiger partial charge in [-0.3, -0.25) is 4.79 Å². The summed E-state index contributed by atoms with van der Waals surface area (Å²) in [6.45, 7) is 6.51. The van der Waals surface area contributed by atoms with Crippen LogP contribution in [0.4, 0.5) is 0 Å². The van der Waals surface area contributed by atoms with Crippen LogP contribution in [0.5, 0.6) is 5.75 Å². The van der Waals surface area contributed by atoms with Crippen molar-refractivity contribution in [1.29, 1.82) is 0 Å². The Labute approximate surface area is 121 Å². The molecule has 0 aliphatic rings. The number of hydrogen-bond donors (Lipinski definition) is 2. The summed E-state index contributed by atoms with van der Waals surface area (Å²) in [5, 5.41) is 2.77. The van der Waals surface area contributed by atoms with Gasteiger partial charge < -0.3 is 15.8 Å². The SMILES string of the molecule is Cc1ccc(C)c(OCC(=O)NCCC(C)N)c1.Cl. The molecule has 1 aromatic rings. The van der Waals surface area contributed by atoms with Crippen LogP contribution in [0.25, 0.3) is 0 Å². The molecule has 1 aromatic carbocycles. The molecule has 0 saturated heterocycles. The molecule has 0 heterocycles. The number of aryl methyl sites for hydroxylation is 2. The Morgan fingerprint density at radius 2 is 2.11 bits per heavy atom. The Bertz CT molecular complexity index is 408. The standard InChI is InChI=1S/C14H22N2O2.ClH/c1-10-4-5-11(2)13(8-10)18-9-14(17)16-7-6-12(3)15;/h4-5,8,12H,6-7,9,15H2,1-3H3,(H,16,17);1H. The zero-order chi connectivity index (χ0) is 13.5. The van der Waals surface area contributed by atoms with Crippen molar-refractivity contribution in [2.24, 2.45) is 5.73 Å². The van der Waals surface area contributed by atoms with Crippen LogP contribution in [-0.4, -0.2) is 25.1 Å². The third kappa shape index (κ3) is 7.03. The zero-order valence-corrected chi connectivity index (χ0v) is 12.5. The van der Waals surface area contributed by atoms with E-state index in [1.807, 2.05) is 39.0 Å². The number of halogens is 1. The largest absolute Gasteiger partial charge is 0.483 e. The number of benzene rings is 1. The Morgan fingerprint density at radius 1 is 1.42 bits per heavy atom. The molecule has 0 fully saturated rings. The number of hydrogen-bond acceptors (Lipinski definition) is 3. The van der Waals surface area contributed by atoms with E-state index in [0.717, 1.165) is 23.3 Å². The highest BCUT2D eigenvalue weighted by atomic mass is 35.5. The molecular weight excluding hydrogens is 264 g/mol. The third-order valence-electron chi connectivity index (χ3n) is 2.62. The van der Waals surface area contributed by atoms with Crippen molar-refractivity contribution in [3.05, 3.63) is 29.3 Å². The van der Waals surface area contributed by atoms with Gasteiger partial charge in [0, 0.05) is 12.6 Å². The molecule has 0 aromatic heterocycles. The van der Waals surface area contributed by atoms with E-state index in [1.165, 1.54) is 0 Å². The second-order valence-electron chi connectivity index (χ2n) is 4.67. The molecule has 108 valence electrons. The minimum Gasteiger partial charge on any atom is -0.483 e. The molecule has 0 bridgehead atoms. The number of ether oxygens (including phenoxy) is 1. The van der Waals surface area contributed by atoms with Crippen LogP contribution in [0, 0.1) is 13.8 Å². The fourth-order valence-electron chi connectivity index (χ4n) is 1.50. The van der Waals surface area contributed by atoms with Crippen molar-refractivity contribution in [2.45, 2.75) is 33.2 Å². The predicted molar refractivity (Wildman–Crippen MR) is 79.9 cm³/mol. The lowest BCUT2D eigenvalue weighted by atomic mass is 10.1. The molecule has 1 amide bonds. The molecule has 0 spiro atoms. The van der Waals surface area contributed by atoms with Crippen molar-refractivity contribution in [2.75, 3.05) is 13.2 Å². The van der Waals surface area contributed by atoms with Crippen LogP contribution in [0.3, 0.4) is 0 Å².